The monoisotopic (exact) mass is 315 g/mol. The number of rotatable bonds is 5. The minimum atomic E-state index is -0.235. The molecule has 7 heteroatoms. The molecule has 2 aromatic rings. The van der Waals surface area contributed by atoms with Gasteiger partial charge >= 0.3 is 0 Å². The molecular weight excluding hydrogens is 294 g/mol. The van der Waals surface area contributed by atoms with Crippen LogP contribution in [0.25, 0.3) is 11.4 Å². The molecule has 1 aromatic carbocycles. The lowest BCUT2D eigenvalue weighted by Gasteiger charge is -2.29. The molecule has 0 bridgehead atoms. The Morgan fingerprint density at radius 1 is 1.43 bits per heavy atom. The average molecular weight is 315 g/mol. The molecule has 1 aromatic heterocycles. The third-order valence-electron chi connectivity index (χ3n) is 4.55. The van der Waals surface area contributed by atoms with Crippen LogP contribution >= 0.6 is 0 Å². The van der Waals surface area contributed by atoms with Crippen LogP contribution in [0.5, 0.6) is 0 Å². The fourth-order valence-electron chi connectivity index (χ4n) is 3.05. The number of amides is 1. The van der Waals surface area contributed by atoms with Gasteiger partial charge in [0.2, 0.25) is 11.7 Å². The van der Waals surface area contributed by atoms with Crippen LogP contribution in [-0.2, 0) is 11.3 Å². The van der Waals surface area contributed by atoms with Gasteiger partial charge in [-0.1, -0.05) is 43.7 Å². The molecule has 1 fully saturated rings. The zero-order valence-electron chi connectivity index (χ0n) is 13.1. The van der Waals surface area contributed by atoms with Crippen LogP contribution in [-0.4, -0.2) is 43.9 Å². The van der Waals surface area contributed by atoms with Crippen molar-refractivity contribution in [2.24, 2.45) is 5.41 Å². The Morgan fingerprint density at radius 3 is 2.96 bits per heavy atom. The van der Waals surface area contributed by atoms with E-state index in [-0.39, 0.29) is 30.5 Å². The van der Waals surface area contributed by atoms with Crippen LogP contribution in [0.4, 0.5) is 0 Å². The summed E-state index contributed by atoms with van der Waals surface area (Å²) in [5.41, 5.74) is 0.628. The summed E-state index contributed by atoms with van der Waals surface area (Å²) < 4.78 is 0. The van der Waals surface area contributed by atoms with Gasteiger partial charge in [-0.3, -0.25) is 4.79 Å². The van der Waals surface area contributed by atoms with E-state index in [4.69, 9.17) is 0 Å². The zero-order valence-corrected chi connectivity index (χ0v) is 13.1. The second kappa shape index (κ2) is 6.45. The number of hydrogen-bond donors (Lipinski definition) is 2. The summed E-state index contributed by atoms with van der Waals surface area (Å²) in [5, 5.41) is 24.7. The largest absolute Gasteiger partial charge is 0.396 e. The van der Waals surface area contributed by atoms with Gasteiger partial charge in [0.25, 0.3) is 0 Å². The van der Waals surface area contributed by atoms with Crippen molar-refractivity contribution in [2.75, 3.05) is 6.61 Å². The number of hydrogen-bond acceptors (Lipinski definition) is 5. The van der Waals surface area contributed by atoms with Crippen molar-refractivity contribution in [3.63, 3.8) is 0 Å². The summed E-state index contributed by atoms with van der Waals surface area (Å²) in [6.45, 7) is 2.11. The van der Waals surface area contributed by atoms with Crippen LogP contribution < -0.4 is 5.32 Å². The van der Waals surface area contributed by atoms with Gasteiger partial charge in [-0.05, 0) is 18.1 Å². The first-order chi connectivity index (χ1) is 11.1. The second-order valence-corrected chi connectivity index (χ2v) is 6.33. The number of aromatic nitrogens is 4. The van der Waals surface area contributed by atoms with Gasteiger partial charge in [0.05, 0.1) is 6.61 Å². The smallest absolute Gasteiger partial charge is 0.243 e. The van der Waals surface area contributed by atoms with Gasteiger partial charge in [0.15, 0.2) is 0 Å². The third-order valence-corrected chi connectivity index (χ3v) is 4.55. The van der Waals surface area contributed by atoms with Crippen molar-refractivity contribution < 1.29 is 9.90 Å². The van der Waals surface area contributed by atoms with E-state index in [0.29, 0.717) is 5.82 Å². The first-order valence-electron chi connectivity index (χ1n) is 7.84. The summed E-state index contributed by atoms with van der Waals surface area (Å²) in [5.74, 6) is 0.341. The van der Waals surface area contributed by atoms with Crippen molar-refractivity contribution in [3.8, 4) is 11.4 Å². The van der Waals surface area contributed by atoms with Crippen molar-refractivity contribution in [2.45, 2.75) is 38.8 Å². The Labute approximate surface area is 134 Å². The van der Waals surface area contributed by atoms with Gasteiger partial charge < -0.3 is 10.4 Å². The molecule has 23 heavy (non-hydrogen) atoms. The van der Waals surface area contributed by atoms with E-state index in [1.807, 2.05) is 37.3 Å². The number of tetrazole rings is 1. The summed E-state index contributed by atoms with van der Waals surface area (Å²) >= 11 is 0. The van der Waals surface area contributed by atoms with Crippen LogP contribution in [0.3, 0.4) is 0 Å². The van der Waals surface area contributed by atoms with E-state index in [2.05, 4.69) is 20.7 Å². The highest BCUT2D eigenvalue weighted by atomic mass is 16.3. The molecule has 1 aliphatic rings. The number of aliphatic hydroxyl groups is 1. The fraction of sp³-hybridized carbons (Fsp3) is 0.500. The number of aliphatic hydroxyl groups excluding tert-OH is 1. The molecular formula is C16H21N5O2. The van der Waals surface area contributed by atoms with E-state index >= 15 is 0 Å². The highest BCUT2D eigenvalue weighted by Gasteiger charge is 2.39. The average Bonchev–Trinajstić information content (AvgIpc) is 3.16. The van der Waals surface area contributed by atoms with Crippen LogP contribution in [0.15, 0.2) is 30.3 Å². The fourth-order valence-corrected chi connectivity index (χ4v) is 3.05. The molecule has 2 N–H and O–H groups in total. The third kappa shape index (κ3) is 3.39. The maximum atomic E-state index is 12.2. The van der Waals surface area contributed by atoms with E-state index in [0.717, 1.165) is 24.8 Å². The van der Waals surface area contributed by atoms with Gasteiger partial charge in [0.1, 0.15) is 6.54 Å². The first kappa shape index (κ1) is 15.6. The zero-order chi connectivity index (χ0) is 16.3. The second-order valence-electron chi connectivity index (χ2n) is 6.33. The Balaban J connectivity index is 1.62. The molecule has 1 heterocycles. The quantitative estimate of drug-likeness (QED) is 0.859. The minimum absolute atomic E-state index is 0.00267. The predicted octanol–water partition coefficient (Wildman–Crippen LogP) is 1.01. The summed E-state index contributed by atoms with van der Waals surface area (Å²) in [4.78, 5) is 13.5. The molecule has 3 rings (SSSR count). The number of nitrogens with one attached hydrogen (secondary N) is 1. The Kier molecular flexibility index (Phi) is 4.38. The highest BCUT2D eigenvalue weighted by Crippen LogP contribution is 2.37. The molecule has 122 valence electrons. The molecule has 7 nitrogen and oxygen atoms in total. The molecule has 1 amide bonds. The highest BCUT2D eigenvalue weighted by molar-refractivity contribution is 5.76. The lowest BCUT2D eigenvalue weighted by Crippen LogP contribution is -2.46. The van der Waals surface area contributed by atoms with Gasteiger partial charge in [0, 0.05) is 17.0 Å². The van der Waals surface area contributed by atoms with E-state index in [1.165, 1.54) is 4.80 Å². The molecule has 2 unspecified atom stereocenters. The van der Waals surface area contributed by atoms with E-state index in [9.17, 15) is 9.90 Å². The van der Waals surface area contributed by atoms with Gasteiger partial charge in [-0.15, -0.1) is 10.2 Å². The summed E-state index contributed by atoms with van der Waals surface area (Å²) in [6.07, 6.45) is 2.83. The molecule has 0 radical (unpaired) electrons. The molecule has 1 saturated carbocycles. The summed E-state index contributed by atoms with van der Waals surface area (Å²) in [7, 11) is 0. The normalized spacial score (nSPS) is 23.8. The lowest BCUT2D eigenvalue weighted by atomic mass is 9.86. The maximum absolute atomic E-state index is 12.2. The van der Waals surface area contributed by atoms with Crippen molar-refractivity contribution in [1.29, 1.82) is 0 Å². The van der Waals surface area contributed by atoms with E-state index < -0.39 is 0 Å². The molecule has 2 atom stereocenters. The summed E-state index contributed by atoms with van der Waals surface area (Å²) in [6, 6.07) is 9.51. The molecule has 0 aliphatic heterocycles. The standard InChI is InChI=1S/C16H21N5O2/c1-16(11-22)9-5-8-13(16)17-14(23)10-21-19-15(18-20-21)12-6-3-2-4-7-12/h2-4,6-7,13,22H,5,8-11H2,1H3,(H,17,23). The predicted molar refractivity (Wildman–Crippen MR) is 84.2 cm³/mol. The van der Waals surface area contributed by atoms with Crippen LogP contribution in [0, 0.1) is 5.41 Å². The van der Waals surface area contributed by atoms with Crippen molar-refractivity contribution in [3.05, 3.63) is 30.3 Å². The van der Waals surface area contributed by atoms with Gasteiger partial charge in [-0.25, -0.2) is 0 Å². The molecule has 0 spiro atoms. The number of benzene rings is 1. The Bertz CT molecular complexity index is 672. The maximum Gasteiger partial charge on any atom is 0.243 e. The number of nitrogens with zero attached hydrogens (tertiary/aromatic N) is 4. The SMILES string of the molecule is CC1(CO)CCCC1NC(=O)Cn1nnc(-c2ccccc2)n1. The number of carbonyl (C=O) groups is 1. The first-order valence-corrected chi connectivity index (χ1v) is 7.84. The van der Waals surface area contributed by atoms with Crippen LogP contribution in [0.1, 0.15) is 26.2 Å². The minimum Gasteiger partial charge on any atom is -0.396 e. The molecule has 0 saturated heterocycles. The Morgan fingerprint density at radius 2 is 2.22 bits per heavy atom. The Hall–Kier alpha value is -2.28. The van der Waals surface area contributed by atoms with Gasteiger partial charge in [-0.2, -0.15) is 4.80 Å². The van der Waals surface area contributed by atoms with Crippen LogP contribution in [0.2, 0.25) is 0 Å². The van der Waals surface area contributed by atoms with Crippen molar-refractivity contribution in [1.82, 2.24) is 25.5 Å². The molecule has 1 aliphatic carbocycles. The van der Waals surface area contributed by atoms with Crippen molar-refractivity contribution >= 4 is 5.91 Å². The lowest BCUT2D eigenvalue weighted by molar-refractivity contribution is -0.123. The number of carbonyl (C=O) groups excluding carboxylic acids is 1. The topological polar surface area (TPSA) is 92.9 Å². The van der Waals surface area contributed by atoms with E-state index in [1.54, 1.807) is 0 Å².